The third-order valence-corrected chi connectivity index (χ3v) is 8.93. The molecular formula is C36H31BNO2. The summed E-state index contributed by atoms with van der Waals surface area (Å²) in [5.41, 5.74) is 13.7. The van der Waals surface area contributed by atoms with Gasteiger partial charge in [-0.25, -0.2) is 0 Å². The maximum Gasteiger partial charge on any atom is 0.569 e. The van der Waals surface area contributed by atoms with Gasteiger partial charge in [-0.1, -0.05) is 88.4 Å². The van der Waals surface area contributed by atoms with E-state index in [0.29, 0.717) is 13.4 Å². The summed E-state index contributed by atoms with van der Waals surface area (Å²) in [7, 11) is 0.716. The fourth-order valence-corrected chi connectivity index (χ4v) is 6.84. The van der Waals surface area contributed by atoms with E-state index in [-0.39, 0.29) is 10.8 Å². The smallest absolute Gasteiger partial charge is 0.537 e. The monoisotopic (exact) mass is 520 g/mol. The minimum Gasteiger partial charge on any atom is -0.537 e. The molecule has 0 aliphatic heterocycles. The van der Waals surface area contributed by atoms with Gasteiger partial charge in [0.1, 0.15) is 5.75 Å². The highest BCUT2D eigenvalue weighted by Crippen LogP contribution is 2.52. The van der Waals surface area contributed by atoms with Crippen LogP contribution in [0.1, 0.15) is 49.9 Å². The molecule has 5 aromatic rings. The van der Waals surface area contributed by atoms with Crippen LogP contribution in [0.15, 0.2) is 109 Å². The van der Waals surface area contributed by atoms with Crippen LogP contribution < -0.4 is 9.55 Å². The minimum absolute atomic E-state index is 0.0934. The molecule has 1 radical (unpaired) electrons. The summed E-state index contributed by atoms with van der Waals surface area (Å²) in [5, 5.41) is 9.12. The zero-order valence-electron chi connectivity index (χ0n) is 23.3. The number of nitrogens with zero attached hydrogens (tertiary/aromatic N) is 1. The van der Waals surface area contributed by atoms with Gasteiger partial charge in [0, 0.05) is 27.9 Å². The van der Waals surface area contributed by atoms with Gasteiger partial charge in [0.15, 0.2) is 0 Å². The van der Waals surface area contributed by atoms with Gasteiger partial charge in [-0.2, -0.15) is 0 Å². The Bertz CT molecular complexity index is 1660. The van der Waals surface area contributed by atoms with E-state index < -0.39 is 0 Å². The van der Waals surface area contributed by atoms with Gasteiger partial charge in [0.25, 0.3) is 0 Å². The Labute approximate surface area is 237 Å². The molecule has 0 unspecified atom stereocenters. The Balaban J connectivity index is 1.40. The topological polar surface area (TPSA) is 32.7 Å². The number of anilines is 3. The Kier molecular flexibility index (Phi) is 5.49. The van der Waals surface area contributed by atoms with E-state index in [1.165, 1.54) is 44.5 Å². The Hall–Kier alpha value is -4.28. The van der Waals surface area contributed by atoms with Crippen LogP contribution in [-0.4, -0.2) is 12.7 Å². The molecule has 7 rings (SSSR count). The van der Waals surface area contributed by atoms with Crippen molar-refractivity contribution in [2.24, 2.45) is 0 Å². The first-order chi connectivity index (χ1) is 19.3. The molecule has 0 spiro atoms. The standard InChI is InChI=1S/C36H31BNO2/c1-35(2)31-11-7-5-9-27(31)29-19-15-24(21-33(29)35)38(23-13-17-26(18-14-23)40-37-39)25-16-20-30-28-10-6-8-12-32(28)36(3,4)34(30)22-25/h5-22,39H,1-4H3. The average Bonchev–Trinajstić information content (AvgIpc) is 3.34. The molecule has 2 aliphatic rings. The summed E-state index contributed by atoms with van der Waals surface area (Å²) < 4.78 is 5.21. The molecule has 3 nitrogen and oxygen atoms in total. The summed E-state index contributed by atoms with van der Waals surface area (Å²) in [6.45, 7) is 9.27. The van der Waals surface area contributed by atoms with Crippen LogP contribution in [-0.2, 0) is 10.8 Å². The Morgan fingerprint density at radius 2 is 0.950 bits per heavy atom. The van der Waals surface area contributed by atoms with Crippen LogP contribution >= 0.6 is 0 Å². The second-order valence-corrected chi connectivity index (χ2v) is 11.9. The van der Waals surface area contributed by atoms with Crippen LogP contribution in [0, 0.1) is 0 Å². The van der Waals surface area contributed by atoms with E-state index in [9.17, 15) is 0 Å². The van der Waals surface area contributed by atoms with Crippen LogP contribution in [0.2, 0.25) is 0 Å². The largest absolute Gasteiger partial charge is 0.569 e. The van der Waals surface area contributed by atoms with Crippen molar-refractivity contribution in [3.8, 4) is 28.0 Å². The van der Waals surface area contributed by atoms with Gasteiger partial charge in [-0.3, -0.25) is 0 Å². The van der Waals surface area contributed by atoms with Gasteiger partial charge in [-0.05, 0) is 93.0 Å². The highest BCUT2D eigenvalue weighted by Gasteiger charge is 2.37. The van der Waals surface area contributed by atoms with E-state index in [0.717, 1.165) is 17.1 Å². The molecule has 4 heteroatoms. The predicted molar refractivity (Wildman–Crippen MR) is 165 cm³/mol. The van der Waals surface area contributed by atoms with Crippen LogP contribution in [0.25, 0.3) is 22.3 Å². The number of fused-ring (bicyclic) bond motifs is 6. The molecule has 195 valence electrons. The summed E-state index contributed by atoms with van der Waals surface area (Å²) in [5.74, 6) is 0.585. The maximum atomic E-state index is 9.12. The summed E-state index contributed by atoms with van der Waals surface area (Å²) in [6, 6.07) is 39.1. The molecule has 1 N–H and O–H groups in total. The van der Waals surface area contributed by atoms with Crippen molar-refractivity contribution >= 4 is 24.7 Å². The van der Waals surface area contributed by atoms with E-state index in [1.54, 1.807) is 0 Å². The first kappa shape index (κ1) is 24.7. The van der Waals surface area contributed by atoms with E-state index in [1.807, 2.05) is 24.3 Å². The Morgan fingerprint density at radius 3 is 1.43 bits per heavy atom. The van der Waals surface area contributed by atoms with Gasteiger partial charge >= 0.3 is 7.69 Å². The van der Waals surface area contributed by atoms with Crippen LogP contribution in [0.3, 0.4) is 0 Å². The molecule has 0 saturated carbocycles. The lowest BCUT2D eigenvalue weighted by Gasteiger charge is -2.29. The van der Waals surface area contributed by atoms with Gasteiger partial charge < -0.3 is 14.6 Å². The maximum absolute atomic E-state index is 9.12. The molecule has 0 amide bonds. The lowest BCUT2D eigenvalue weighted by atomic mass is 9.82. The second-order valence-electron chi connectivity index (χ2n) is 11.9. The van der Waals surface area contributed by atoms with Gasteiger partial charge in [0.2, 0.25) is 0 Å². The number of hydrogen-bond acceptors (Lipinski definition) is 3. The zero-order chi connectivity index (χ0) is 27.6. The van der Waals surface area contributed by atoms with Gasteiger partial charge in [0.05, 0.1) is 0 Å². The lowest BCUT2D eigenvalue weighted by molar-refractivity contribution is 0.454. The number of rotatable bonds is 5. The lowest BCUT2D eigenvalue weighted by Crippen LogP contribution is -2.18. The highest BCUT2D eigenvalue weighted by molar-refractivity contribution is 6.17. The van der Waals surface area contributed by atoms with Crippen molar-refractivity contribution in [1.82, 2.24) is 0 Å². The third kappa shape index (κ3) is 3.56. The minimum atomic E-state index is -0.0934. The van der Waals surface area contributed by atoms with Gasteiger partial charge in [-0.15, -0.1) is 0 Å². The normalized spacial score (nSPS) is 15.0. The number of hydrogen-bond donors (Lipinski definition) is 1. The second kappa shape index (κ2) is 8.87. The molecule has 0 bridgehead atoms. The molecule has 0 saturated heterocycles. The quantitative estimate of drug-likeness (QED) is 0.235. The first-order valence-corrected chi connectivity index (χ1v) is 13.8. The summed E-state index contributed by atoms with van der Waals surface area (Å²) in [4.78, 5) is 2.32. The van der Waals surface area contributed by atoms with E-state index in [4.69, 9.17) is 9.68 Å². The van der Waals surface area contributed by atoms with E-state index >= 15 is 0 Å². The molecule has 40 heavy (non-hydrogen) atoms. The molecule has 0 atom stereocenters. The molecule has 5 aromatic carbocycles. The molecule has 0 fully saturated rings. The van der Waals surface area contributed by atoms with Crippen molar-refractivity contribution in [2.75, 3.05) is 4.90 Å². The highest BCUT2D eigenvalue weighted by atomic mass is 16.5. The third-order valence-electron chi connectivity index (χ3n) is 8.93. The molecule has 2 aliphatic carbocycles. The van der Waals surface area contributed by atoms with Crippen molar-refractivity contribution in [2.45, 2.75) is 38.5 Å². The van der Waals surface area contributed by atoms with Crippen LogP contribution in [0.5, 0.6) is 5.75 Å². The predicted octanol–water partition coefficient (Wildman–Crippen LogP) is 8.67. The summed E-state index contributed by atoms with van der Waals surface area (Å²) >= 11 is 0. The molecule has 0 heterocycles. The van der Waals surface area contributed by atoms with E-state index in [2.05, 4.69) is 118 Å². The molecule has 0 aromatic heterocycles. The fraction of sp³-hybridized carbons (Fsp3) is 0.167. The zero-order valence-corrected chi connectivity index (χ0v) is 23.3. The molecular weight excluding hydrogens is 489 g/mol. The number of benzene rings is 5. The van der Waals surface area contributed by atoms with Crippen molar-refractivity contribution in [3.63, 3.8) is 0 Å². The van der Waals surface area contributed by atoms with Crippen molar-refractivity contribution < 1.29 is 9.68 Å². The van der Waals surface area contributed by atoms with Crippen molar-refractivity contribution in [1.29, 1.82) is 0 Å². The van der Waals surface area contributed by atoms with Crippen LogP contribution in [0.4, 0.5) is 17.1 Å². The van der Waals surface area contributed by atoms with Crippen molar-refractivity contribution in [3.05, 3.63) is 131 Å². The fourth-order valence-electron chi connectivity index (χ4n) is 6.84. The SMILES string of the molecule is CC1(C)c2ccccc2-c2ccc(N(c3ccc(O[B]O)cc3)c3ccc4c(c3)C(C)(C)c3ccccc3-4)cc21. The first-order valence-electron chi connectivity index (χ1n) is 13.8. The average molecular weight is 520 g/mol. The summed E-state index contributed by atoms with van der Waals surface area (Å²) in [6.07, 6.45) is 0. The Morgan fingerprint density at radius 1 is 0.525 bits per heavy atom.